The fourth-order valence-electron chi connectivity index (χ4n) is 2.44. The number of amides is 1. The van der Waals surface area contributed by atoms with Crippen LogP contribution in [0.25, 0.3) is 0 Å². The minimum atomic E-state index is -0.0366. The summed E-state index contributed by atoms with van der Waals surface area (Å²) >= 11 is 1.86. The molecule has 0 radical (unpaired) electrons. The number of nitrogens with one attached hydrogen (secondary N) is 2. The molecule has 1 amide bonds. The summed E-state index contributed by atoms with van der Waals surface area (Å²) in [5.41, 5.74) is 2.43. The lowest BCUT2D eigenvalue weighted by Gasteiger charge is -2.25. The maximum Gasteiger partial charge on any atom is 0.228 e. The fraction of sp³-hybridized carbons (Fsp3) is 0.533. The predicted octanol–water partition coefficient (Wildman–Crippen LogP) is 2.13. The Hall–Kier alpha value is -1.00. The molecule has 1 aliphatic heterocycles. The molecule has 4 heteroatoms. The molecule has 0 spiro atoms. The highest BCUT2D eigenvalue weighted by Crippen LogP contribution is 2.23. The average molecular weight is 278 g/mol. The first-order valence-corrected chi connectivity index (χ1v) is 8.27. The van der Waals surface area contributed by atoms with Crippen molar-refractivity contribution >= 4 is 17.7 Å². The third-order valence-corrected chi connectivity index (χ3v) is 4.18. The van der Waals surface area contributed by atoms with Crippen molar-refractivity contribution in [2.45, 2.75) is 25.3 Å². The van der Waals surface area contributed by atoms with E-state index in [-0.39, 0.29) is 11.8 Å². The highest BCUT2D eigenvalue weighted by atomic mass is 32.2. The van der Waals surface area contributed by atoms with Crippen molar-refractivity contribution in [2.24, 2.45) is 0 Å². The Kier molecular flexibility index (Phi) is 5.73. The van der Waals surface area contributed by atoms with Crippen LogP contribution in [0.5, 0.6) is 0 Å². The second kappa shape index (κ2) is 7.56. The van der Waals surface area contributed by atoms with Gasteiger partial charge in [-0.1, -0.05) is 24.3 Å². The molecular formula is C15H22N2OS. The minimum Gasteiger partial charge on any atom is -0.356 e. The Morgan fingerprint density at radius 1 is 1.42 bits per heavy atom. The maximum absolute atomic E-state index is 12.2. The van der Waals surface area contributed by atoms with Crippen LogP contribution < -0.4 is 10.6 Å². The molecule has 0 aliphatic carbocycles. The van der Waals surface area contributed by atoms with E-state index < -0.39 is 0 Å². The van der Waals surface area contributed by atoms with Crippen molar-refractivity contribution in [3.05, 3.63) is 35.4 Å². The van der Waals surface area contributed by atoms with Crippen LogP contribution in [0.15, 0.2) is 24.3 Å². The molecule has 1 aromatic carbocycles. The third kappa shape index (κ3) is 3.98. The van der Waals surface area contributed by atoms with E-state index in [4.69, 9.17) is 0 Å². The predicted molar refractivity (Wildman–Crippen MR) is 81.5 cm³/mol. The van der Waals surface area contributed by atoms with Crippen molar-refractivity contribution in [2.75, 3.05) is 25.1 Å². The molecule has 3 nitrogen and oxygen atoms in total. The van der Waals surface area contributed by atoms with Crippen LogP contribution in [0.2, 0.25) is 0 Å². The molecule has 1 unspecified atom stereocenters. The van der Waals surface area contributed by atoms with E-state index in [2.05, 4.69) is 29.0 Å². The number of thioether (sulfide) groups is 1. The lowest BCUT2D eigenvalue weighted by molar-refractivity contribution is -0.122. The van der Waals surface area contributed by atoms with E-state index in [9.17, 15) is 4.79 Å². The summed E-state index contributed by atoms with van der Waals surface area (Å²) < 4.78 is 0. The van der Waals surface area contributed by atoms with Crippen LogP contribution in [-0.2, 0) is 11.3 Å². The highest BCUT2D eigenvalue weighted by molar-refractivity contribution is 7.98. The van der Waals surface area contributed by atoms with E-state index in [0.717, 1.165) is 26.1 Å². The normalized spacial score (nSPS) is 17.8. The Labute approximate surface area is 119 Å². The zero-order valence-corrected chi connectivity index (χ0v) is 12.3. The Bertz CT molecular complexity index is 422. The first kappa shape index (κ1) is 14.4. The summed E-state index contributed by atoms with van der Waals surface area (Å²) in [5, 5.41) is 6.38. The second-order valence-corrected chi connectivity index (χ2v) is 5.86. The zero-order valence-electron chi connectivity index (χ0n) is 11.4. The molecule has 0 saturated heterocycles. The number of hydrogen-bond acceptors (Lipinski definition) is 3. The molecule has 1 aromatic rings. The van der Waals surface area contributed by atoms with Gasteiger partial charge in [-0.2, -0.15) is 11.8 Å². The lowest BCUT2D eigenvalue weighted by atomic mass is 9.90. The van der Waals surface area contributed by atoms with Crippen LogP contribution in [0.3, 0.4) is 0 Å². The Morgan fingerprint density at radius 2 is 2.26 bits per heavy atom. The molecule has 1 atom stereocenters. The van der Waals surface area contributed by atoms with E-state index in [1.54, 1.807) is 0 Å². The molecule has 0 aromatic heterocycles. The van der Waals surface area contributed by atoms with Gasteiger partial charge in [0.25, 0.3) is 0 Å². The smallest absolute Gasteiger partial charge is 0.228 e. The van der Waals surface area contributed by atoms with Crippen molar-refractivity contribution < 1.29 is 4.79 Å². The zero-order chi connectivity index (χ0) is 13.5. The summed E-state index contributed by atoms with van der Waals surface area (Å²) in [6.07, 6.45) is 4.35. The molecule has 1 heterocycles. The number of carbonyl (C=O) groups is 1. The number of hydrogen-bond donors (Lipinski definition) is 2. The standard InChI is InChI=1S/C15H22N2OS/c1-19-9-5-4-8-17-15(18)14-11-16-10-12-6-2-3-7-13(12)14/h2-3,6-7,14,16H,4-5,8-11H2,1H3,(H,17,18). The van der Waals surface area contributed by atoms with Crippen LogP contribution in [0.4, 0.5) is 0 Å². The van der Waals surface area contributed by atoms with Gasteiger partial charge in [-0.15, -0.1) is 0 Å². The monoisotopic (exact) mass is 278 g/mol. The number of fused-ring (bicyclic) bond motifs is 1. The van der Waals surface area contributed by atoms with Gasteiger partial charge in [0.1, 0.15) is 0 Å². The molecular weight excluding hydrogens is 256 g/mol. The number of benzene rings is 1. The molecule has 19 heavy (non-hydrogen) atoms. The summed E-state index contributed by atoms with van der Waals surface area (Å²) in [4.78, 5) is 12.2. The molecule has 0 saturated carbocycles. The molecule has 2 N–H and O–H groups in total. The lowest BCUT2D eigenvalue weighted by Crippen LogP contribution is -2.39. The van der Waals surface area contributed by atoms with Gasteiger partial charge in [-0.3, -0.25) is 4.79 Å². The number of carbonyl (C=O) groups excluding carboxylic acids is 1. The van der Waals surface area contributed by atoms with Crippen LogP contribution in [0, 0.1) is 0 Å². The summed E-state index contributed by atoms with van der Waals surface area (Å²) in [7, 11) is 0. The second-order valence-electron chi connectivity index (χ2n) is 4.87. The van der Waals surface area contributed by atoms with Gasteiger partial charge in [0.2, 0.25) is 5.91 Å². The molecule has 0 fully saturated rings. The Morgan fingerprint density at radius 3 is 3.11 bits per heavy atom. The third-order valence-electron chi connectivity index (χ3n) is 3.49. The number of rotatable bonds is 6. The van der Waals surface area contributed by atoms with E-state index in [1.807, 2.05) is 23.9 Å². The van der Waals surface area contributed by atoms with Gasteiger partial charge in [0.05, 0.1) is 5.92 Å². The van der Waals surface area contributed by atoms with E-state index in [1.165, 1.54) is 23.3 Å². The molecule has 0 bridgehead atoms. The highest BCUT2D eigenvalue weighted by Gasteiger charge is 2.25. The maximum atomic E-state index is 12.2. The summed E-state index contributed by atoms with van der Waals surface area (Å²) in [6, 6.07) is 8.22. The average Bonchev–Trinajstić information content (AvgIpc) is 2.46. The quantitative estimate of drug-likeness (QED) is 0.783. The summed E-state index contributed by atoms with van der Waals surface area (Å²) in [5.74, 6) is 1.29. The van der Waals surface area contributed by atoms with Gasteiger partial charge in [-0.25, -0.2) is 0 Å². The Balaban J connectivity index is 1.86. The SMILES string of the molecule is CSCCCCNC(=O)C1CNCc2ccccc21. The van der Waals surface area contributed by atoms with E-state index >= 15 is 0 Å². The van der Waals surface area contributed by atoms with Gasteiger partial charge < -0.3 is 10.6 Å². The topological polar surface area (TPSA) is 41.1 Å². The minimum absolute atomic E-state index is 0.0366. The van der Waals surface area contributed by atoms with Crippen LogP contribution >= 0.6 is 11.8 Å². The molecule has 1 aliphatic rings. The van der Waals surface area contributed by atoms with Gasteiger partial charge in [0.15, 0.2) is 0 Å². The van der Waals surface area contributed by atoms with Crippen molar-refractivity contribution in [1.82, 2.24) is 10.6 Å². The first-order chi connectivity index (χ1) is 9.33. The number of unbranched alkanes of at least 4 members (excludes halogenated alkanes) is 1. The van der Waals surface area contributed by atoms with Gasteiger partial charge >= 0.3 is 0 Å². The largest absolute Gasteiger partial charge is 0.356 e. The van der Waals surface area contributed by atoms with Gasteiger partial charge in [0, 0.05) is 19.6 Å². The van der Waals surface area contributed by atoms with Gasteiger partial charge in [-0.05, 0) is 36.0 Å². The van der Waals surface area contributed by atoms with Crippen LogP contribution in [-0.4, -0.2) is 31.0 Å². The van der Waals surface area contributed by atoms with Crippen LogP contribution in [0.1, 0.15) is 29.9 Å². The fourth-order valence-corrected chi connectivity index (χ4v) is 2.93. The van der Waals surface area contributed by atoms with Crippen molar-refractivity contribution in [3.8, 4) is 0 Å². The van der Waals surface area contributed by atoms with Crippen molar-refractivity contribution in [1.29, 1.82) is 0 Å². The first-order valence-electron chi connectivity index (χ1n) is 6.88. The van der Waals surface area contributed by atoms with E-state index in [0.29, 0.717) is 0 Å². The molecule has 104 valence electrons. The molecule has 2 rings (SSSR count). The van der Waals surface area contributed by atoms with Crippen molar-refractivity contribution in [3.63, 3.8) is 0 Å². The summed E-state index contributed by atoms with van der Waals surface area (Å²) in [6.45, 7) is 2.40.